The number of hydrogen-bond acceptors (Lipinski definition) is 6. The maximum Gasteiger partial charge on any atom is 0.251 e. The molecule has 3 aromatic rings. The minimum Gasteiger partial charge on any atom is -0.378 e. The summed E-state index contributed by atoms with van der Waals surface area (Å²) in [6.07, 6.45) is 1.76. The fraction of sp³-hybridized carbons (Fsp3) is 0.286. The smallest absolute Gasteiger partial charge is 0.251 e. The molecule has 0 spiro atoms. The van der Waals surface area contributed by atoms with E-state index in [9.17, 15) is 4.79 Å². The molecule has 1 aromatic heterocycles. The lowest BCUT2D eigenvalue weighted by Crippen LogP contribution is -2.36. The van der Waals surface area contributed by atoms with Gasteiger partial charge in [-0.3, -0.25) is 4.79 Å². The second-order valence-electron chi connectivity index (χ2n) is 6.64. The summed E-state index contributed by atoms with van der Waals surface area (Å²) in [4.78, 5) is 14.6. The highest BCUT2D eigenvalue weighted by molar-refractivity contribution is 5.98. The molecule has 0 radical (unpaired) electrons. The average molecular weight is 377 g/mol. The molecule has 1 aliphatic heterocycles. The van der Waals surface area contributed by atoms with Crippen LogP contribution in [0.15, 0.2) is 54.7 Å². The van der Waals surface area contributed by atoms with Crippen LogP contribution < -0.4 is 15.5 Å². The minimum absolute atomic E-state index is 0.0827. The average Bonchev–Trinajstić information content (AvgIpc) is 2.77. The van der Waals surface area contributed by atoms with Crippen molar-refractivity contribution < 1.29 is 9.53 Å². The van der Waals surface area contributed by atoms with E-state index in [1.165, 1.54) is 0 Å². The summed E-state index contributed by atoms with van der Waals surface area (Å²) in [6, 6.07) is 15.7. The number of rotatable bonds is 6. The van der Waals surface area contributed by atoms with Gasteiger partial charge in [-0.2, -0.15) is 5.10 Å². The van der Waals surface area contributed by atoms with Gasteiger partial charge in [0.15, 0.2) is 5.82 Å². The minimum atomic E-state index is -0.0827. The Hall–Kier alpha value is -3.19. The van der Waals surface area contributed by atoms with E-state index in [4.69, 9.17) is 4.74 Å². The molecule has 2 heterocycles. The molecule has 1 saturated heterocycles. The molecule has 0 saturated carbocycles. The van der Waals surface area contributed by atoms with Crippen LogP contribution in [-0.2, 0) is 4.74 Å². The number of ether oxygens (including phenoxy) is 1. The highest BCUT2D eigenvalue weighted by Gasteiger charge is 2.12. The number of nitrogens with one attached hydrogen (secondary N) is 2. The molecule has 7 heteroatoms. The first-order valence-electron chi connectivity index (χ1n) is 9.46. The quantitative estimate of drug-likeness (QED) is 0.642. The van der Waals surface area contributed by atoms with E-state index in [-0.39, 0.29) is 5.91 Å². The lowest BCUT2D eigenvalue weighted by molar-refractivity contribution is 0.0955. The summed E-state index contributed by atoms with van der Waals surface area (Å²) in [5.41, 5.74) is 1.69. The van der Waals surface area contributed by atoms with Gasteiger partial charge >= 0.3 is 0 Å². The SMILES string of the molecule is O=C(NCCNc1cc(N2CCOCC2)cnn1)c1ccc2ccccc2c1. The van der Waals surface area contributed by atoms with Crippen LogP contribution in [0.5, 0.6) is 0 Å². The molecule has 0 aliphatic carbocycles. The molecular formula is C21H23N5O2. The second-order valence-corrected chi connectivity index (χ2v) is 6.64. The second kappa shape index (κ2) is 8.67. The number of carbonyl (C=O) groups excluding carboxylic acids is 1. The van der Waals surface area contributed by atoms with Gasteiger partial charge in [-0.1, -0.05) is 30.3 Å². The van der Waals surface area contributed by atoms with Crippen molar-refractivity contribution in [3.63, 3.8) is 0 Å². The first-order valence-corrected chi connectivity index (χ1v) is 9.46. The Kier molecular flexibility index (Phi) is 5.63. The van der Waals surface area contributed by atoms with Crippen LogP contribution in [0.25, 0.3) is 10.8 Å². The van der Waals surface area contributed by atoms with E-state index in [1.54, 1.807) is 6.20 Å². The van der Waals surface area contributed by atoms with Crippen LogP contribution in [0.1, 0.15) is 10.4 Å². The summed E-state index contributed by atoms with van der Waals surface area (Å²) in [5, 5.41) is 16.5. The van der Waals surface area contributed by atoms with Gasteiger partial charge in [0.25, 0.3) is 5.91 Å². The van der Waals surface area contributed by atoms with Gasteiger partial charge < -0.3 is 20.3 Å². The van der Waals surface area contributed by atoms with E-state index >= 15 is 0 Å². The number of carbonyl (C=O) groups is 1. The third-order valence-corrected chi connectivity index (χ3v) is 4.74. The largest absolute Gasteiger partial charge is 0.378 e. The Morgan fingerprint density at radius 2 is 1.86 bits per heavy atom. The lowest BCUT2D eigenvalue weighted by Gasteiger charge is -2.28. The number of morpholine rings is 1. The van der Waals surface area contributed by atoms with E-state index in [0.29, 0.717) is 24.5 Å². The molecule has 28 heavy (non-hydrogen) atoms. The lowest BCUT2D eigenvalue weighted by atomic mass is 10.1. The number of hydrogen-bond donors (Lipinski definition) is 2. The predicted octanol–water partition coefficient (Wildman–Crippen LogP) is 2.31. The van der Waals surface area contributed by atoms with Gasteiger partial charge in [0.05, 0.1) is 25.1 Å². The maximum atomic E-state index is 12.4. The van der Waals surface area contributed by atoms with Crippen LogP contribution in [0.2, 0.25) is 0 Å². The fourth-order valence-corrected chi connectivity index (χ4v) is 3.24. The predicted molar refractivity (Wildman–Crippen MR) is 110 cm³/mol. The zero-order valence-corrected chi connectivity index (χ0v) is 15.6. The van der Waals surface area contributed by atoms with Crippen molar-refractivity contribution in [3.8, 4) is 0 Å². The Labute approximate surface area is 163 Å². The zero-order chi connectivity index (χ0) is 19.2. The highest BCUT2D eigenvalue weighted by Crippen LogP contribution is 2.17. The van der Waals surface area contributed by atoms with Crippen molar-refractivity contribution in [3.05, 3.63) is 60.3 Å². The van der Waals surface area contributed by atoms with Gasteiger partial charge in [0.2, 0.25) is 0 Å². The van der Waals surface area contributed by atoms with Crippen molar-refractivity contribution in [1.29, 1.82) is 0 Å². The van der Waals surface area contributed by atoms with Crippen molar-refractivity contribution in [1.82, 2.24) is 15.5 Å². The van der Waals surface area contributed by atoms with Crippen LogP contribution in [0.4, 0.5) is 11.5 Å². The number of fused-ring (bicyclic) bond motifs is 1. The third-order valence-electron chi connectivity index (χ3n) is 4.74. The summed E-state index contributed by atoms with van der Waals surface area (Å²) in [7, 11) is 0. The van der Waals surface area contributed by atoms with Gasteiger partial charge in [-0.15, -0.1) is 5.10 Å². The monoisotopic (exact) mass is 377 g/mol. The Balaban J connectivity index is 1.28. The molecule has 1 amide bonds. The van der Waals surface area contributed by atoms with Crippen molar-refractivity contribution in [2.75, 3.05) is 49.6 Å². The Morgan fingerprint density at radius 3 is 2.71 bits per heavy atom. The number of aromatic nitrogens is 2. The number of nitrogens with zero attached hydrogens (tertiary/aromatic N) is 3. The van der Waals surface area contributed by atoms with Gasteiger partial charge in [-0.05, 0) is 22.9 Å². The Bertz CT molecular complexity index is 956. The van der Waals surface area contributed by atoms with Gasteiger partial charge in [-0.25, -0.2) is 0 Å². The first kappa shape index (κ1) is 18.2. The molecule has 4 rings (SSSR count). The van der Waals surface area contributed by atoms with E-state index in [2.05, 4.69) is 25.7 Å². The molecule has 0 bridgehead atoms. The normalized spacial score (nSPS) is 14.1. The maximum absolute atomic E-state index is 12.4. The van der Waals surface area contributed by atoms with Crippen LogP contribution in [0.3, 0.4) is 0 Å². The third kappa shape index (κ3) is 4.37. The summed E-state index contributed by atoms with van der Waals surface area (Å²) in [5.74, 6) is 0.615. The van der Waals surface area contributed by atoms with E-state index in [0.717, 1.165) is 42.8 Å². The summed E-state index contributed by atoms with van der Waals surface area (Å²) < 4.78 is 5.38. The molecule has 7 nitrogen and oxygen atoms in total. The molecule has 0 unspecified atom stereocenters. The van der Waals surface area contributed by atoms with Crippen LogP contribution in [-0.4, -0.2) is 55.5 Å². The van der Waals surface area contributed by atoms with E-state index in [1.807, 2.05) is 48.5 Å². The Morgan fingerprint density at radius 1 is 1.04 bits per heavy atom. The van der Waals surface area contributed by atoms with Gasteiger partial charge in [0, 0.05) is 37.8 Å². The molecular weight excluding hydrogens is 354 g/mol. The fourth-order valence-electron chi connectivity index (χ4n) is 3.24. The zero-order valence-electron chi connectivity index (χ0n) is 15.6. The van der Waals surface area contributed by atoms with E-state index < -0.39 is 0 Å². The number of anilines is 2. The van der Waals surface area contributed by atoms with Crippen LogP contribution >= 0.6 is 0 Å². The molecule has 2 N–H and O–H groups in total. The molecule has 144 valence electrons. The van der Waals surface area contributed by atoms with Crippen molar-refractivity contribution in [2.24, 2.45) is 0 Å². The number of amides is 1. The number of benzene rings is 2. The van der Waals surface area contributed by atoms with Crippen molar-refractivity contribution >= 4 is 28.2 Å². The topological polar surface area (TPSA) is 79.4 Å². The molecule has 1 fully saturated rings. The standard InChI is InChI=1S/C21H23N5O2/c27-21(18-6-5-16-3-1-2-4-17(16)13-18)23-8-7-22-20-14-19(15-24-25-20)26-9-11-28-12-10-26/h1-6,13-15H,7-12H2,(H,22,25)(H,23,27). The first-order chi connectivity index (χ1) is 13.8. The highest BCUT2D eigenvalue weighted by atomic mass is 16.5. The summed E-state index contributed by atoms with van der Waals surface area (Å²) >= 11 is 0. The summed E-state index contributed by atoms with van der Waals surface area (Å²) in [6.45, 7) is 4.23. The molecule has 1 aliphatic rings. The molecule has 0 atom stereocenters. The van der Waals surface area contributed by atoms with Gasteiger partial charge in [0.1, 0.15) is 0 Å². The van der Waals surface area contributed by atoms with Crippen LogP contribution in [0, 0.1) is 0 Å². The van der Waals surface area contributed by atoms with Crippen molar-refractivity contribution in [2.45, 2.75) is 0 Å². The molecule has 2 aromatic carbocycles.